The van der Waals surface area contributed by atoms with Gasteiger partial charge in [0.05, 0.1) is 23.4 Å². The number of nitrogens with zero attached hydrogens (tertiary/aromatic N) is 1. The number of hydrogen-bond donors (Lipinski definition) is 1. The molecular weight excluding hydrogens is 272 g/mol. The van der Waals surface area contributed by atoms with Gasteiger partial charge in [-0.15, -0.1) is 0 Å². The van der Waals surface area contributed by atoms with Crippen molar-refractivity contribution in [2.24, 2.45) is 5.73 Å². The van der Waals surface area contributed by atoms with Crippen molar-refractivity contribution in [3.63, 3.8) is 0 Å². The van der Waals surface area contributed by atoms with Crippen molar-refractivity contribution in [1.82, 2.24) is 0 Å². The predicted octanol–water partition coefficient (Wildman–Crippen LogP) is 3.48. The normalized spacial score (nSPS) is 12.8. The average Bonchev–Trinajstić information content (AvgIpc) is 2.38. The molecule has 1 atom stereocenters. The molecule has 1 unspecified atom stereocenters. The van der Waals surface area contributed by atoms with Gasteiger partial charge in [-0.25, -0.2) is 0 Å². The van der Waals surface area contributed by atoms with Gasteiger partial charge < -0.3 is 15.4 Å². The van der Waals surface area contributed by atoms with E-state index < -0.39 is 0 Å². The Hall–Kier alpha value is -0.770. The van der Waals surface area contributed by atoms with Crippen molar-refractivity contribution in [1.29, 1.82) is 0 Å². The predicted molar refractivity (Wildman–Crippen MR) is 87.8 cm³/mol. The highest BCUT2D eigenvalue weighted by Gasteiger charge is 2.13. The molecule has 0 heterocycles. The monoisotopic (exact) mass is 298 g/mol. The van der Waals surface area contributed by atoms with E-state index in [1.807, 2.05) is 33.0 Å². The molecule has 3 nitrogen and oxygen atoms in total. The first-order valence-corrected chi connectivity index (χ1v) is 7.69. The molecule has 0 fully saturated rings. The third-order valence-corrected chi connectivity index (χ3v) is 3.64. The van der Waals surface area contributed by atoms with Crippen LogP contribution in [0.25, 0.3) is 0 Å². The summed E-state index contributed by atoms with van der Waals surface area (Å²) in [5.41, 5.74) is 8.36. The molecule has 0 aliphatic carbocycles. The molecule has 0 aliphatic rings. The van der Waals surface area contributed by atoms with E-state index >= 15 is 0 Å². The van der Waals surface area contributed by atoms with Gasteiger partial charge in [0.1, 0.15) is 0 Å². The van der Waals surface area contributed by atoms with E-state index in [0.717, 1.165) is 30.1 Å². The summed E-state index contributed by atoms with van der Waals surface area (Å²) in [5, 5.41) is 0.776. The Morgan fingerprint density at radius 2 is 2.05 bits per heavy atom. The Bertz CT molecular complexity index is 409. The second kappa shape index (κ2) is 8.50. The highest BCUT2D eigenvalue weighted by atomic mass is 35.5. The maximum absolute atomic E-state index is 6.37. The van der Waals surface area contributed by atoms with E-state index in [1.165, 1.54) is 5.56 Å². The number of halogens is 1. The summed E-state index contributed by atoms with van der Waals surface area (Å²) in [6.45, 7) is 7.70. The van der Waals surface area contributed by atoms with Crippen LogP contribution in [0, 0.1) is 0 Å². The van der Waals surface area contributed by atoms with Crippen LogP contribution < -0.4 is 10.6 Å². The van der Waals surface area contributed by atoms with Crippen molar-refractivity contribution in [2.45, 2.75) is 45.8 Å². The summed E-state index contributed by atoms with van der Waals surface area (Å²) in [4.78, 5) is 2.16. The van der Waals surface area contributed by atoms with Crippen LogP contribution in [0.4, 0.5) is 5.69 Å². The van der Waals surface area contributed by atoms with Crippen LogP contribution in [0.1, 0.15) is 32.8 Å². The second-order valence-corrected chi connectivity index (χ2v) is 5.87. The van der Waals surface area contributed by atoms with Crippen molar-refractivity contribution in [3.8, 4) is 0 Å². The van der Waals surface area contributed by atoms with E-state index in [1.54, 1.807) is 0 Å². The molecule has 0 aromatic heterocycles. The summed E-state index contributed by atoms with van der Waals surface area (Å²) in [6.07, 6.45) is 2.07. The molecule has 1 aromatic carbocycles. The fraction of sp³-hybridized carbons (Fsp3) is 0.625. The Balaban J connectivity index is 2.80. The van der Waals surface area contributed by atoms with Crippen LogP contribution in [0.5, 0.6) is 0 Å². The zero-order valence-corrected chi connectivity index (χ0v) is 13.8. The van der Waals surface area contributed by atoms with Gasteiger partial charge in [0, 0.05) is 19.6 Å². The standard InChI is InChI=1S/C16H27ClN2O/c1-5-14(18)11-13-7-6-8-15(17)16(13)19(4)9-10-20-12(2)3/h6-8,12,14H,5,9-11,18H2,1-4H3. The number of benzene rings is 1. The molecule has 114 valence electrons. The summed E-state index contributed by atoms with van der Waals surface area (Å²) in [6, 6.07) is 6.20. The number of anilines is 1. The van der Waals surface area contributed by atoms with Gasteiger partial charge in [0.15, 0.2) is 0 Å². The highest BCUT2D eigenvalue weighted by Crippen LogP contribution is 2.30. The second-order valence-electron chi connectivity index (χ2n) is 5.46. The smallest absolute Gasteiger partial charge is 0.0644 e. The summed E-state index contributed by atoms with van der Waals surface area (Å²) >= 11 is 6.37. The highest BCUT2D eigenvalue weighted by molar-refractivity contribution is 6.33. The Kier molecular flexibility index (Phi) is 7.35. The molecule has 0 amide bonds. The Labute approximate surface area is 128 Å². The Morgan fingerprint density at radius 1 is 1.35 bits per heavy atom. The van der Waals surface area contributed by atoms with Crippen LogP contribution in [0.3, 0.4) is 0 Å². The van der Waals surface area contributed by atoms with Gasteiger partial charge in [0.2, 0.25) is 0 Å². The molecule has 4 heteroatoms. The minimum absolute atomic E-state index is 0.174. The lowest BCUT2D eigenvalue weighted by atomic mass is 10.0. The lowest BCUT2D eigenvalue weighted by Crippen LogP contribution is -2.27. The van der Waals surface area contributed by atoms with Crippen LogP contribution in [0.2, 0.25) is 5.02 Å². The van der Waals surface area contributed by atoms with Crippen molar-refractivity contribution in [2.75, 3.05) is 25.1 Å². The average molecular weight is 299 g/mol. The Morgan fingerprint density at radius 3 is 2.65 bits per heavy atom. The molecule has 20 heavy (non-hydrogen) atoms. The lowest BCUT2D eigenvalue weighted by molar-refractivity contribution is 0.0846. The number of ether oxygens (including phenoxy) is 1. The number of rotatable bonds is 8. The summed E-state index contributed by atoms with van der Waals surface area (Å²) in [5.74, 6) is 0. The number of hydrogen-bond acceptors (Lipinski definition) is 3. The molecule has 1 aromatic rings. The fourth-order valence-electron chi connectivity index (χ4n) is 2.12. The first-order valence-electron chi connectivity index (χ1n) is 7.31. The van der Waals surface area contributed by atoms with Crippen LogP contribution in [-0.2, 0) is 11.2 Å². The number of para-hydroxylation sites is 1. The molecule has 1 rings (SSSR count). The van der Waals surface area contributed by atoms with Gasteiger partial charge in [-0.1, -0.05) is 30.7 Å². The molecule has 0 bridgehead atoms. The minimum Gasteiger partial charge on any atom is -0.377 e. The minimum atomic E-state index is 0.174. The van der Waals surface area contributed by atoms with Gasteiger partial charge in [0.25, 0.3) is 0 Å². The van der Waals surface area contributed by atoms with Crippen molar-refractivity contribution in [3.05, 3.63) is 28.8 Å². The summed E-state index contributed by atoms with van der Waals surface area (Å²) in [7, 11) is 2.05. The SMILES string of the molecule is CCC(N)Cc1cccc(Cl)c1N(C)CCOC(C)C. The quantitative estimate of drug-likeness (QED) is 0.798. The van der Waals surface area contributed by atoms with Crippen molar-refractivity contribution < 1.29 is 4.74 Å². The van der Waals surface area contributed by atoms with Crippen molar-refractivity contribution >= 4 is 17.3 Å². The van der Waals surface area contributed by atoms with E-state index in [9.17, 15) is 0 Å². The first kappa shape index (κ1) is 17.3. The molecule has 0 saturated heterocycles. The molecule has 0 radical (unpaired) electrons. The first-order chi connectivity index (χ1) is 9.45. The zero-order chi connectivity index (χ0) is 15.1. The van der Waals surface area contributed by atoms with Gasteiger partial charge in [-0.2, -0.15) is 0 Å². The maximum atomic E-state index is 6.37. The van der Waals surface area contributed by atoms with E-state index in [-0.39, 0.29) is 12.1 Å². The topological polar surface area (TPSA) is 38.5 Å². The molecular formula is C16H27ClN2O. The third-order valence-electron chi connectivity index (χ3n) is 3.34. The van der Waals surface area contributed by atoms with Gasteiger partial charge in [-0.3, -0.25) is 0 Å². The summed E-state index contributed by atoms with van der Waals surface area (Å²) < 4.78 is 5.61. The van der Waals surface area contributed by atoms with E-state index in [2.05, 4.69) is 17.9 Å². The zero-order valence-electron chi connectivity index (χ0n) is 13.0. The molecule has 2 N–H and O–H groups in total. The lowest BCUT2D eigenvalue weighted by Gasteiger charge is -2.25. The van der Waals surface area contributed by atoms with Crippen LogP contribution in [-0.4, -0.2) is 32.3 Å². The molecule has 0 spiro atoms. The number of nitrogens with two attached hydrogens (primary N) is 1. The number of likely N-dealkylation sites (N-methyl/N-ethyl adjacent to an activating group) is 1. The largest absolute Gasteiger partial charge is 0.377 e. The van der Waals surface area contributed by atoms with Gasteiger partial charge in [-0.05, 0) is 38.3 Å². The molecule has 0 aliphatic heterocycles. The van der Waals surface area contributed by atoms with Gasteiger partial charge >= 0.3 is 0 Å². The van der Waals surface area contributed by atoms with Crippen LogP contribution >= 0.6 is 11.6 Å². The third kappa shape index (κ3) is 5.31. The van der Waals surface area contributed by atoms with E-state index in [4.69, 9.17) is 22.1 Å². The molecule has 0 saturated carbocycles. The maximum Gasteiger partial charge on any atom is 0.0644 e. The van der Waals surface area contributed by atoms with Crippen LogP contribution in [0.15, 0.2) is 18.2 Å². The fourth-order valence-corrected chi connectivity index (χ4v) is 2.45. The van der Waals surface area contributed by atoms with E-state index in [0.29, 0.717) is 6.61 Å².